The van der Waals surface area contributed by atoms with Crippen molar-refractivity contribution in [1.82, 2.24) is 20.3 Å². The van der Waals surface area contributed by atoms with E-state index in [-0.39, 0.29) is 0 Å². The van der Waals surface area contributed by atoms with Gasteiger partial charge in [-0.25, -0.2) is 0 Å². The summed E-state index contributed by atoms with van der Waals surface area (Å²) in [4.78, 5) is 0. The molecule has 2 rings (SSSR count). The Morgan fingerprint density at radius 3 is 2.76 bits per heavy atom. The first-order valence-electron chi connectivity index (χ1n) is 7.25. The fourth-order valence-corrected chi connectivity index (χ4v) is 2.10. The predicted octanol–water partition coefficient (Wildman–Crippen LogP) is 2.35. The molecule has 2 aromatic rings. The molecule has 0 atom stereocenters. The number of hydrogen-bond donors (Lipinski definition) is 1. The van der Waals surface area contributed by atoms with E-state index in [4.69, 9.17) is 9.26 Å². The van der Waals surface area contributed by atoms with Gasteiger partial charge < -0.3 is 14.6 Å². The molecule has 6 nitrogen and oxygen atoms in total. The molecule has 0 aliphatic heterocycles. The zero-order chi connectivity index (χ0) is 15.4. The topological polar surface area (TPSA) is 65.1 Å². The Labute approximate surface area is 125 Å². The maximum absolute atomic E-state index is 5.79. The van der Waals surface area contributed by atoms with E-state index in [0.29, 0.717) is 19.1 Å². The molecule has 21 heavy (non-hydrogen) atoms. The number of aryl methyl sites for hydroxylation is 2. The molecule has 0 unspecified atom stereocenters. The first-order valence-corrected chi connectivity index (χ1v) is 7.25. The summed E-state index contributed by atoms with van der Waals surface area (Å²) >= 11 is 0. The van der Waals surface area contributed by atoms with Crippen LogP contribution in [0.5, 0.6) is 5.75 Å². The Morgan fingerprint density at radius 1 is 1.38 bits per heavy atom. The maximum Gasteiger partial charge on any atom is 0.174 e. The van der Waals surface area contributed by atoms with Crippen molar-refractivity contribution < 1.29 is 9.26 Å². The number of ether oxygens (including phenoxy) is 1. The average Bonchev–Trinajstić information content (AvgIpc) is 2.94. The smallest absolute Gasteiger partial charge is 0.174 e. The van der Waals surface area contributed by atoms with Crippen LogP contribution in [0.4, 0.5) is 0 Å². The Balaban J connectivity index is 1.88. The van der Waals surface area contributed by atoms with Gasteiger partial charge in [0, 0.05) is 19.7 Å². The van der Waals surface area contributed by atoms with Gasteiger partial charge in [0.15, 0.2) is 11.5 Å². The molecule has 0 aromatic carbocycles. The van der Waals surface area contributed by atoms with Crippen molar-refractivity contribution in [2.75, 3.05) is 6.54 Å². The zero-order valence-electron chi connectivity index (χ0n) is 13.4. The fraction of sp³-hybridized carbons (Fsp3) is 0.600. The SMILES string of the molecule is Cc1nn(C)c(C)c1OCc1cc(CNCC(C)C)no1. The van der Waals surface area contributed by atoms with Crippen molar-refractivity contribution in [2.45, 2.75) is 40.8 Å². The standard InChI is InChI=1S/C15H24N4O2/c1-10(2)7-16-8-13-6-14(21-18-13)9-20-15-11(3)17-19(5)12(15)4/h6,10,16H,7-9H2,1-5H3. The van der Waals surface area contributed by atoms with Crippen molar-refractivity contribution in [3.63, 3.8) is 0 Å². The number of nitrogens with zero attached hydrogens (tertiary/aromatic N) is 3. The molecule has 2 aromatic heterocycles. The highest BCUT2D eigenvalue weighted by Gasteiger charge is 2.12. The van der Waals surface area contributed by atoms with Gasteiger partial charge in [0.2, 0.25) is 0 Å². The van der Waals surface area contributed by atoms with Crippen LogP contribution in [0.3, 0.4) is 0 Å². The molecule has 0 saturated carbocycles. The van der Waals surface area contributed by atoms with Crippen LogP contribution in [0.25, 0.3) is 0 Å². The summed E-state index contributed by atoms with van der Waals surface area (Å²) in [7, 11) is 1.90. The summed E-state index contributed by atoms with van der Waals surface area (Å²) in [6.45, 7) is 10.3. The summed E-state index contributed by atoms with van der Waals surface area (Å²) in [5, 5.41) is 11.7. The summed E-state index contributed by atoms with van der Waals surface area (Å²) in [5.74, 6) is 2.16. The average molecular weight is 292 g/mol. The molecule has 6 heteroatoms. The van der Waals surface area contributed by atoms with Crippen LogP contribution in [0, 0.1) is 19.8 Å². The second-order valence-electron chi connectivity index (χ2n) is 5.72. The van der Waals surface area contributed by atoms with Crippen molar-refractivity contribution in [2.24, 2.45) is 13.0 Å². The molecule has 0 saturated heterocycles. The van der Waals surface area contributed by atoms with Crippen LogP contribution in [0.1, 0.15) is 36.7 Å². The lowest BCUT2D eigenvalue weighted by molar-refractivity contribution is 0.245. The van der Waals surface area contributed by atoms with E-state index in [9.17, 15) is 0 Å². The van der Waals surface area contributed by atoms with E-state index in [0.717, 1.165) is 35.1 Å². The minimum atomic E-state index is 0.366. The normalized spacial score (nSPS) is 11.3. The Bertz CT molecular complexity index is 587. The van der Waals surface area contributed by atoms with Crippen molar-refractivity contribution in [1.29, 1.82) is 0 Å². The minimum absolute atomic E-state index is 0.366. The van der Waals surface area contributed by atoms with Crippen molar-refractivity contribution >= 4 is 0 Å². The quantitative estimate of drug-likeness (QED) is 0.848. The fourth-order valence-electron chi connectivity index (χ4n) is 2.10. The number of nitrogens with one attached hydrogen (secondary N) is 1. The first kappa shape index (κ1) is 15.6. The van der Waals surface area contributed by atoms with E-state index in [1.54, 1.807) is 0 Å². The molecule has 116 valence electrons. The van der Waals surface area contributed by atoms with Gasteiger partial charge in [0.05, 0.1) is 11.4 Å². The number of hydrogen-bond acceptors (Lipinski definition) is 5. The zero-order valence-corrected chi connectivity index (χ0v) is 13.4. The molecule has 0 spiro atoms. The molecule has 0 aliphatic carbocycles. The summed E-state index contributed by atoms with van der Waals surface area (Å²) < 4.78 is 12.9. The lowest BCUT2D eigenvalue weighted by Crippen LogP contribution is -2.19. The van der Waals surface area contributed by atoms with E-state index in [2.05, 4.69) is 29.4 Å². The monoisotopic (exact) mass is 292 g/mol. The van der Waals surface area contributed by atoms with Gasteiger partial charge in [-0.3, -0.25) is 4.68 Å². The molecular weight excluding hydrogens is 268 g/mol. The van der Waals surface area contributed by atoms with Gasteiger partial charge in [0.1, 0.15) is 12.3 Å². The maximum atomic E-state index is 5.79. The molecule has 0 aliphatic rings. The van der Waals surface area contributed by atoms with Crippen LogP contribution in [0.2, 0.25) is 0 Å². The second kappa shape index (κ2) is 6.76. The largest absolute Gasteiger partial charge is 0.482 e. The van der Waals surface area contributed by atoms with Gasteiger partial charge >= 0.3 is 0 Å². The Morgan fingerprint density at radius 2 is 2.14 bits per heavy atom. The molecular formula is C15H24N4O2. The van der Waals surface area contributed by atoms with Gasteiger partial charge in [0.25, 0.3) is 0 Å². The third kappa shape index (κ3) is 4.07. The van der Waals surface area contributed by atoms with E-state index < -0.39 is 0 Å². The molecule has 0 bridgehead atoms. The van der Waals surface area contributed by atoms with Crippen molar-refractivity contribution in [3.8, 4) is 5.75 Å². The third-order valence-corrected chi connectivity index (χ3v) is 3.27. The highest BCUT2D eigenvalue weighted by molar-refractivity contribution is 5.31. The molecule has 0 amide bonds. The van der Waals surface area contributed by atoms with E-state index in [1.807, 2.05) is 31.6 Å². The number of aromatic nitrogens is 3. The minimum Gasteiger partial charge on any atom is -0.482 e. The predicted molar refractivity (Wildman–Crippen MR) is 80.1 cm³/mol. The highest BCUT2D eigenvalue weighted by Crippen LogP contribution is 2.22. The second-order valence-corrected chi connectivity index (χ2v) is 5.72. The summed E-state index contributed by atoms with van der Waals surface area (Å²) in [6.07, 6.45) is 0. The van der Waals surface area contributed by atoms with E-state index in [1.165, 1.54) is 0 Å². The molecule has 0 radical (unpaired) electrons. The lowest BCUT2D eigenvalue weighted by Gasteiger charge is -2.04. The van der Waals surface area contributed by atoms with E-state index >= 15 is 0 Å². The summed E-state index contributed by atoms with van der Waals surface area (Å²) in [6, 6.07) is 1.92. The van der Waals surface area contributed by atoms with Gasteiger partial charge in [-0.05, 0) is 26.3 Å². The van der Waals surface area contributed by atoms with Gasteiger partial charge in [-0.1, -0.05) is 19.0 Å². The van der Waals surface area contributed by atoms with Gasteiger partial charge in [-0.15, -0.1) is 0 Å². The Hall–Kier alpha value is -1.82. The van der Waals surface area contributed by atoms with Crippen LogP contribution in [-0.2, 0) is 20.2 Å². The molecule has 2 heterocycles. The lowest BCUT2D eigenvalue weighted by atomic mass is 10.2. The number of rotatable bonds is 7. The van der Waals surface area contributed by atoms with Crippen LogP contribution >= 0.6 is 0 Å². The van der Waals surface area contributed by atoms with Crippen LogP contribution in [-0.4, -0.2) is 21.5 Å². The summed E-state index contributed by atoms with van der Waals surface area (Å²) in [5.41, 5.74) is 2.79. The van der Waals surface area contributed by atoms with Gasteiger partial charge in [-0.2, -0.15) is 5.10 Å². The van der Waals surface area contributed by atoms with Crippen molar-refractivity contribution in [3.05, 3.63) is 28.9 Å². The molecule has 0 fully saturated rings. The first-order chi connectivity index (χ1) is 9.97. The highest BCUT2D eigenvalue weighted by atomic mass is 16.5. The van der Waals surface area contributed by atoms with Crippen LogP contribution < -0.4 is 10.1 Å². The Kier molecular flexibility index (Phi) is 5.01. The third-order valence-electron chi connectivity index (χ3n) is 3.27. The van der Waals surface area contributed by atoms with Crippen LogP contribution in [0.15, 0.2) is 10.6 Å². The molecule has 1 N–H and O–H groups in total.